The van der Waals surface area contributed by atoms with Crippen LogP contribution in [0.25, 0.3) is 0 Å². The van der Waals surface area contributed by atoms with Crippen LogP contribution in [-0.2, 0) is 13.0 Å². The molecule has 2 heterocycles. The van der Waals surface area contributed by atoms with Crippen LogP contribution < -0.4 is 5.32 Å². The van der Waals surface area contributed by atoms with E-state index in [-0.39, 0.29) is 0 Å². The van der Waals surface area contributed by atoms with Crippen LogP contribution in [0.4, 0.5) is 0 Å². The van der Waals surface area contributed by atoms with Gasteiger partial charge in [0.15, 0.2) is 0 Å². The van der Waals surface area contributed by atoms with Gasteiger partial charge in [-0.1, -0.05) is 6.92 Å². The molecule has 90 valence electrons. The molecule has 2 rings (SSSR count). The second kappa shape index (κ2) is 5.46. The Kier molecular flexibility index (Phi) is 3.96. The van der Waals surface area contributed by atoms with Crippen molar-refractivity contribution >= 4 is 0 Å². The van der Waals surface area contributed by atoms with Crippen molar-refractivity contribution in [1.29, 1.82) is 0 Å². The highest BCUT2D eigenvalue weighted by Gasteiger charge is 2.16. The minimum absolute atomic E-state index is 0.619. The lowest BCUT2D eigenvalue weighted by atomic mass is 10.1. The zero-order valence-corrected chi connectivity index (χ0v) is 10.2. The third kappa shape index (κ3) is 3.06. The molecule has 4 heteroatoms. The molecule has 0 spiro atoms. The first kappa shape index (κ1) is 11.6. The third-order valence-corrected chi connectivity index (χ3v) is 3.21. The molecule has 1 aliphatic rings. The Morgan fingerprint density at radius 2 is 2.25 bits per heavy atom. The van der Waals surface area contributed by atoms with E-state index >= 15 is 0 Å². The molecule has 1 fully saturated rings. The standard InChI is InChI=1S/C12H21N3O/c1-3-11-8-14-12(16-11)9-13-10-4-6-15(2)7-5-10/h8,10,13H,3-7,9H2,1-2H3. The Balaban J connectivity index is 1.74. The number of aryl methyl sites for hydroxylation is 1. The second-order valence-corrected chi connectivity index (χ2v) is 4.53. The molecule has 0 atom stereocenters. The number of hydrogen-bond acceptors (Lipinski definition) is 4. The minimum Gasteiger partial charge on any atom is -0.444 e. The topological polar surface area (TPSA) is 41.3 Å². The van der Waals surface area contributed by atoms with Gasteiger partial charge in [0.1, 0.15) is 5.76 Å². The van der Waals surface area contributed by atoms with Crippen molar-refractivity contribution in [2.75, 3.05) is 20.1 Å². The molecule has 0 radical (unpaired) electrons. The predicted molar refractivity (Wildman–Crippen MR) is 63.2 cm³/mol. The van der Waals surface area contributed by atoms with Gasteiger partial charge in [-0.3, -0.25) is 0 Å². The normalized spacial score (nSPS) is 19.1. The molecule has 0 bridgehead atoms. The highest BCUT2D eigenvalue weighted by atomic mass is 16.4. The van der Waals surface area contributed by atoms with Gasteiger partial charge in [-0.25, -0.2) is 4.98 Å². The lowest BCUT2D eigenvalue weighted by Gasteiger charge is -2.29. The van der Waals surface area contributed by atoms with Crippen LogP contribution in [-0.4, -0.2) is 36.1 Å². The maximum atomic E-state index is 5.56. The Hall–Kier alpha value is -0.870. The van der Waals surface area contributed by atoms with Crippen LogP contribution in [0, 0.1) is 0 Å². The largest absolute Gasteiger partial charge is 0.444 e. The number of nitrogens with one attached hydrogen (secondary N) is 1. The fourth-order valence-corrected chi connectivity index (χ4v) is 2.04. The Labute approximate surface area is 97.0 Å². The Morgan fingerprint density at radius 1 is 1.50 bits per heavy atom. The summed E-state index contributed by atoms with van der Waals surface area (Å²) in [5.74, 6) is 1.79. The van der Waals surface area contributed by atoms with Gasteiger partial charge in [0.2, 0.25) is 5.89 Å². The molecule has 1 aromatic heterocycles. The minimum atomic E-state index is 0.619. The van der Waals surface area contributed by atoms with E-state index in [0.717, 1.165) is 24.6 Å². The fraction of sp³-hybridized carbons (Fsp3) is 0.750. The average Bonchev–Trinajstić information content (AvgIpc) is 2.76. The molecule has 0 aromatic carbocycles. The van der Waals surface area contributed by atoms with Gasteiger partial charge in [0.25, 0.3) is 0 Å². The molecule has 16 heavy (non-hydrogen) atoms. The van der Waals surface area contributed by atoms with Gasteiger partial charge in [0.05, 0.1) is 12.7 Å². The summed E-state index contributed by atoms with van der Waals surface area (Å²) < 4.78 is 5.56. The SMILES string of the molecule is CCc1cnc(CNC2CCN(C)CC2)o1. The zero-order valence-electron chi connectivity index (χ0n) is 10.2. The predicted octanol–water partition coefficient (Wildman–Crippen LogP) is 1.42. The maximum Gasteiger partial charge on any atom is 0.208 e. The van der Waals surface area contributed by atoms with E-state index in [1.165, 1.54) is 25.9 Å². The van der Waals surface area contributed by atoms with Gasteiger partial charge in [-0.2, -0.15) is 0 Å². The number of nitrogens with zero attached hydrogens (tertiary/aromatic N) is 2. The number of likely N-dealkylation sites (tertiary alicyclic amines) is 1. The van der Waals surface area contributed by atoms with Gasteiger partial charge in [-0.15, -0.1) is 0 Å². The van der Waals surface area contributed by atoms with E-state index < -0.39 is 0 Å². The Morgan fingerprint density at radius 3 is 2.88 bits per heavy atom. The molecule has 1 N–H and O–H groups in total. The van der Waals surface area contributed by atoms with Crippen molar-refractivity contribution in [3.8, 4) is 0 Å². The average molecular weight is 223 g/mol. The fourth-order valence-electron chi connectivity index (χ4n) is 2.04. The molecular weight excluding hydrogens is 202 g/mol. The highest BCUT2D eigenvalue weighted by Crippen LogP contribution is 2.10. The number of oxazole rings is 1. The van der Waals surface area contributed by atoms with Gasteiger partial charge >= 0.3 is 0 Å². The second-order valence-electron chi connectivity index (χ2n) is 4.53. The van der Waals surface area contributed by atoms with E-state index in [0.29, 0.717) is 6.04 Å². The summed E-state index contributed by atoms with van der Waals surface area (Å²) in [5.41, 5.74) is 0. The van der Waals surface area contributed by atoms with Crippen molar-refractivity contribution in [3.05, 3.63) is 17.8 Å². The monoisotopic (exact) mass is 223 g/mol. The van der Waals surface area contributed by atoms with Gasteiger partial charge in [0, 0.05) is 12.5 Å². The Bertz CT molecular complexity index is 316. The van der Waals surface area contributed by atoms with E-state index in [1.54, 1.807) is 0 Å². The quantitative estimate of drug-likeness (QED) is 0.838. The van der Waals surface area contributed by atoms with Crippen molar-refractivity contribution < 1.29 is 4.42 Å². The summed E-state index contributed by atoms with van der Waals surface area (Å²) in [6.45, 7) is 5.20. The van der Waals surface area contributed by atoms with Crippen molar-refractivity contribution in [3.63, 3.8) is 0 Å². The molecular formula is C12H21N3O. The molecule has 0 saturated carbocycles. The van der Waals surface area contributed by atoms with Crippen molar-refractivity contribution in [2.45, 2.75) is 38.8 Å². The molecule has 1 aliphatic heterocycles. The van der Waals surface area contributed by atoms with E-state index in [9.17, 15) is 0 Å². The van der Waals surface area contributed by atoms with E-state index in [1.807, 2.05) is 6.20 Å². The molecule has 1 saturated heterocycles. The van der Waals surface area contributed by atoms with E-state index in [4.69, 9.17) is 4.42 Å². The molecule has 0 amide bonds. The van der Waals surface area contributed by atoms with Crippen LogP contribution in [0.2, 0.25) is 0 Å². The summed E-state index contributed by atoms with van der Waals surface area (Å²) in [4.78, 5) is 6.62. The van der Waals surface area contributed by atoms with Crippen molar-refractivity contribution in [2.24, 2.45) is 0 Å². The van der Waals surface area contributed by atoms with Crippen LogP contribution in [0.15, 0.2) is 10.6 Å². The van der Waals surface area contributed by atoms with Crippen LogP contribution in [0.5, 0.6) is 0 Å². The smallest absolute Gasteiger partial charge is 0.208 e. The summed E-state index contributed by atoms with van der Waals surface area (Å²) in [6, 6.07) is 0.619. The summed E-state index contributed by atoms with van der Waals surface area (Å²) >= 11 is 0. The number of hydrogen-bond donors (Lipinski definition) is 1. The summed E-state index contributed by atoms with van der Waals surface area (Å²) in [5, 5.41) is 3.51. The van der Waals surface area contributed by atoms with Gasteiger partial charge in [-0.05, 0) is 33.0 Å². The lowest BCUT2D eigenvalue weighted by Crippen LogP contribution is -2.40. The first-order valence-corrected chi connectivity index (χ1v) is 6.13. The molecule has 4 nitrogen and oxygen atoms in total. The zero-order chi connectivity index (χ0) is 11.4. The van der Waals surface area contributed by atoms with Gasteiger partial charge < -0.3 is 14.6 Å². The first-order valence-electron chi connectivity index (χ1n) is 6.13. The van der Waals surface area contributed by atoms with Crippen LogP contribution >= 0.6 is 0 Å². The summed E-state index contributed by atoms with van der Waals surface area (Å²) in [6.07, 6.45) is 5.18. The van der Waals surface area contributed by atoms with Crippen molar-refractivity contribution in [1.82, 2.24) is 15.2 Å². The molecule has 0 aliphatic carbocycles. The van der Waals surface area contributed by atoms with Crippen LogP contribution in [0.1, 0.15) is 31.4 Å². The third-order valence-electron chi connectivity index (χ3n) is 3.21. The molecule has 0 unspecified atom stereocenters. The van der Waals surface area contributed by atoms with E-state index in [2.05, 4.69) is 29.2 Å². The highest BCUT2D eigenvalue weighted by molar-refractivity contribution is 4.93. The summed E-state index contributed by atoms with van der Waals surface area (Å²) in [7, 11) is 2.18. The lowest BCUT2D eigenvalue weighted by molar-refractivity contribution is 0.230. The van der Waals surface area contributed by atoms with Crippen LogP contribution in [0.3, 0.4) is 0 Å². The molecule has 1 aromatic rings. The number of rotatable bonds is 4. The maximum absolute atomic E-state index is 5.56. The first-order chi connectivity index (χ1) is 7.78. The number of piperidine rings is 1. The number of aromatic nitrogens is 1.